The van der Waals surface area contributed by atoms with E-state index in [1.54, 1.807) is 6.07 Å². The van der Waals surface area contributed by atoms with Crippen LogP contribution in [-0.2, 0) is 20.7 Å². The lowest BCUT2D eigenvalue weighted by Crippen LogP contribution is -2.30. The van der Waals surface area contributed by atoms with E-state index >= 15 is 0 Å². The summed E-state index contributed by atoms with van der Waals surface area (Å²) in [4.78, 5) is 24.6. The number of rotatable bonds is 6. The molecular formula is C22H19NO5S. The zero-order valence-corrected chi connectivity index (χ0v) is 16.7. The lowest BCUT2D eigenvalue weighted by Gasteiger charge is -2.15. The van der Waals surface area contributed by atoms with Gasteiger partial charge in [-0.25, -0.2) is 0 Å². The van der Waals surface area contributed by atoms with Gasteiger partial charge in [0.1, 0.15) is 16.9 Å². The highest BCUT2D eigenvalue weighted by Gasteiger charge is 2.21. The minimum Gasteiger partial charge on any atom is -0.495 e. The number of methoxy groups -OCH3 is 1. The number of ether oxygens (including phenoxy) is 2. The molecule has 1 atom stereocenters. The summed E-state index contributed by atoms with van der Waals surface area (Å²) in [6.45, 7) is 1.53. The van der Waals surface area contributed by atoms with Crippen molar-refractivity contribution in [2.75, 3.05) is 12.4 Å². The van der Waals surface area contributed by atoms with Gasteiger partial charge in [0.15, 0.2) is 6.10 Å². The van der Waals surface area contributed by atoms with Crippen LogP contribution in [0.5, 0.6) is 5.75 Å². The van der Waals surface area contributed by atoms with E-state index < -0.39 is 18.0 Å². The summed E-state index contributed by atoms with van der Waals surface area (Å²) in [5.41, 5.74) is 2.70. The fraction of sp³-hybridized carbons (Fsp3) is 0.182. The smallest absolute Gasteiger partial charge is 0.311 e. The molecule has 0 saturated heterocycles. The number of benzene rings is 2. The SMILES string of the molecule is COc1cc2c(cc1NC(=O)C(C)OC(=O)Cc1ccsc1)oc1ccccc12. The topological polar surface area (TPSA) is 77.8 Å². The predicted molar refractivity (Wildman–Crippen MR) is 112 cm³/mol. The molecule has 6 nitrogen and oxygen atoms in total. The number of carbonyl (C=O) groups excluding carboxylic acids is 2. The highest BCUT2D eigenvalue weighted by molar-refractivity contribution is 7.08. The molecule has 4 rings (SSSR count). The molecule has 2 heterocycles. The first-order valence-corrected chi connectivity index (χ1v) is 10.00. The molecule has 0 aliphatic rings. The largest absolute Gasteiger partial charge is 0.495 e. The molecule has 4 aromatic rings. The molecule has 1 amide bonds. The van der Waals surface area contributed by atoms with E-state index in [4.69, 9.17) is 13.9 Å². The summed E-state index contributed by atoms with van der Waals surface area (Å²) >= 11 is 1.51. The molecule has 29 heavy (non-hydrogen) atoms. The number of thiophene rings is 1. The normalized spacial score (nSPS) is 12.1. The van der Waals surface area contributed by atoms with Crippen molar-refractivity contribution >= 4 is 50.8 Å². The third-order valence-corrected chi connectivity index (χ3v) is 5.29. The van der Waals surface area contributed by atoms with Crippen molar-refractivity contribution in [3.63, 3.8) is 0 Å². The summed E-state index contributed by atoms with van der Waals surface area (Å²) in [6.07, 6.45) is -0.813. The van der Waals surface area contributed by atoms with E-state index in [9.17, 15) is 9.59 Å². The highest BCUT2D eigenvalue weighted by atomic mass is 32.1. The Kier molecular flexibility index (Phi) is 5.22. The number of hydrogen-bond acceptors (Lipinski definition) is 6. The van der Waals surface area contributed by atoms with Gasteiger partial charge < -0.3 is 19.2 Å². The maximum atomic E-state index is 12.6. The van der Waals surface area contributed by atoms with Crippen LogP contribution in [0.3, 0.4) is 0 Å². The number of para-hydroxylation sites is 1. The standard InChI is InChI=1S/C22H19NO5S/c1-13(27-21(24)9-14-7-8-29-12-14)22(25)23-17-11-19-16(10-20(17)26-2)15-5-3-4-6-18(15)28-19/h3-8,10-13H,9H2,1-2H3,(H,23,25). The Morgan fingerprint density at radius 2 is 1.97 bits per heavy atom. The Hall–Kier alpha value is -3.32. The second-order valence-electron chi connectivity index (χ2n) is 6.58. The Morgan fingerprint density at radius 3 is 2.72 bits per heavy atom. The van der Waals surface area contributed by atoms with Gasteiger partial charge in [-0.3, -0.25) is 9.59 Å². The van der Waals surface area contributed by atoms with Crippen LogP contribution >= 0.6 is 11.3 Å². The van der Waals surface area contributed by atoms with Crippen molar-refractivity contribution < 1.29 is 23.5 Å². The molecule has 2 aromatic heterocycles. The van der Waals surface area contributed by atoms with Gasteiger partial charge in [0.2, 0.25) is 0 Å². The van der Waals surface area contributed by atoms with Gasteiger partial charge >= 0.3 is 5.97 Å². The molecule has 0 radical (unpaired) electrons. The maximum absolute atomic E-state index is 12.6. The van der Waals surface area contributed by atoms with Crippen LogP contribution in [-0.4, -0.2) is 25.1 Å². The first-order chi connectivity index (χ1) is 14.0. The van der Waals surface area contributed by atoms with Gasteiger partial charge in [-0.15, -0.1) is 0 Å². The third kappa shape index (κ3) is 3.95. The summed E-state index contributed by atoms with van der Waals surface area (Å²) in [7, 11) is 1.53. The average Bonchev–Trinajstić information content (AvgIpc) is 3.34. The van der Waals surface area contributed by atoms with Crippen molar-refractivity contribution in [3.05, 3.63) is 58.8 Å². The molecule has 2 aromatic carbocycles. The van der Waals surface area contributed by atoms with E-state index in [-0.39, 0.29) is 6.42 Å². The first-order valence-electron chi connectivity index (χ1n) is 9.06. The maximum Gasteiger partial charge on any atom is 0.311 e. The summed E-state index contributed by atoms with van der Waals surface area (Å²) in [5, 5.41) is 8.39. The lowest BCUT2D eigenvalue weighted by molar-refractivity contribution is -0.152. The average molecular weight is 409 g/mol. The number of nitrogens with one attached hydrogen (secondary N) is 1. The molecule has 1 unspecified atom stereocenters. The number of anilines is 1. The van der Waals surface area contributed by atoms with E-state index in [2.05, 4.69) is 5.32 Å². The van der Waals surface area contributed by atoms with E-state index in [1.807, 2.05) is 47.2 Å². The highest BCUT2D eigenvalue weighted by Crippen LogP contribution is 2.36. The van der Waals surface area contributed by atoms with Gasteiger partial charge in [-0.05, 0) is 41.4 Å². The van der Waals surface area contributed by atoms with Crippen LogP contribution in [0, 0.1) is 0 Å². The Balaban J connectivity index is 1.52. The number of hydrogen-bond donors (Lipinski definition) is 1. The van der Waals surface area contributed by atoms with Crippen molar-refractivity contribution in [2.24, 2.45) is 0 Å². The lowest BCUT2D eigenvalue weighted by atomic mass is 10.1. The van der Waals surface area contributed by atoms with Gasteiger partial charge in [0.25, 0.3) is 5.91 Å². The summed E-state index contributed by atoms with van der Waals surface area (Å²) < 4.78 is 16.6. The Morgan fingerprint density at radius 1 is 1.14 bits per heavy atom. The summed E-state index contributed by atoms with van der Waals surface area (Å²) in [6, 6.07) is 13.1. The molecular weight excluding hydrogens is 390 g/mol. The van der Waals surface area contributed by atoms with Crippen LogP contribution in [0.2, 0.25) is 0 Å². The predicted octanol–water partition coefficient (Wildman–Crippen LogP) is 4.77. The second-order valence-corrected chi connectivity index (χ2v) is 7.36. The molecule has 0 aliphatic carbocycles. The van der Waals surface area contributed by atoms with Gasteiger partial charge in [-0.2, -0.15) is 11.3 Å². The quantitative estimate of drug-likeness (QED) is 0.464. The molecule has 0 aliphatic heterocycles. The molecule has 0 saturated carbocycles. The minimum absolute atomic E-state index is 0.134. The van der Waals surface area contributed by atoms with Crippen LogP contribution in [0.1, 0.15) is 12.5 Å². The van der Waals surface area contributed by atoms with E-state index in [0.717, 1.165) is 21.9 Å². The van der Waals surface area contributed by atoms with Gasteiger partial charge in [0, 0.05) is 16.8 Å². The van der Waals surface area contributed by atoms with Crippen LogP contribution in [0.25, 0.3) is 21.9 Å². The van der Waals surface area contributed by atoms with Crippen molar-refractivity contribution in [3.8, 4) is 5.75 Å². The molecule has 148 valence electrons. The third-order valence-electron chi connectivity index (χ3n) is 4.56. The van der Waals surface area contributed by atoms with E-state index in [1.165, 1.54) is 25.4 Å². The summed E-state index contributed by atoms with van der Waals surface area (Å²) in [5.74, 6) is -0.405. The van der Waals surface area contributed by atoms with Crippen molar-refractivity contribution in [2.45, 2.75) is 19.4 Å². The zero-order chi connectivity index (χ0) is 20.4. The zero-order valence-electron chi connectivity index (χ0n) is 15.9. The number of esters is 1. The fourth-order valence-electron chi connectivity index (χ4n) is 3.10. The first kappa shape index (κ1) is 19.0. The van der Waals surface area contributed by atoms with Crippen LogP contribution < -0.4 is 10.1 Å². The number of amides is 1. The molecule has 0 bridgehead atoms. The van der Waals surface area contributed by atoms with Crippen molar-refractivity contribution in [1.82, 2.24) is 0 Å². The Bertz CT molecular complexity index is 1180. The van der Waals surface area contributed by atoms with Gasteiger partial charge in [-0.1, -0.05) is 18.2 Å². The molecule has 0 spiro atoms. The molecule has 7 heteroatoms. The van der Waals surface area contributed by atoms with Crippen LogP contribution in [0.4, 0.5) is 5.69 Å². The number of fused-ring (bicyclic) bond motifs is 3. The monoisotopic (exact) mass is 409 g/mol. The van der Waals surface area contributed by atoms with Crippen LogP contribution in [0.15, 0.2) is 57.6 Å². The minimum atomic E-state index is -0.947. The number of carbonyl (C=O) groups is 2. The van der Waals surface area contributed by atoms with Gasteiger partial charge in [0.05, 0.1) is 19.2 Å². The fourth-order valence-corrected chi connectivity index (χ4v) is 3.77. The molecule has 0 fully saturated rings. The Labute approximate surface area is 171 Å². The number of furan rings is 1. The van der Waals surface area contributed by atoms with Crippen molar-refractivity contribution in [1.29, 1.82) is 0 Å². The molecule has 1 N–H and O–H groups in total. The second kappa shape index (κ2) is 7.97. The van der Waals surface area contributed by atoms with E-state index in [0.29, 0.717) is 17.0 Å².